The number of nitrogens with zero attached hydrogens (tertiary/aromatic N) is 2. The van der Waals surface area contributed by atoms with Crippen LogP contribution in [0.2, 0.25) is 0 Å². The van der Waals surface area contributed by atoms with Crippen LogP contribution in [0.15, 0.2) is 48.9 Å². The quantitative estimate of drug-likeness (QED) is 0.577. The summed E-state index contributed by atoms with van der Waals surface area (Å²) in [6.45, 7) is 0.748. The first-order valence-corrected chi connectivity index (χ1v) is 7.04. The molecule has 114 valence electrons. The third-order valence-corrected chi connectivity index (χ3v) is 3.19. The van der Waals surface area contributed by atoms with Gasteiger partial charge in [0.05, 0.1) is 0 Å². The lowest BCUT2D eigenvalue weighted by atomic mass is 10.2. The molecule has 0 atom stereocenters. The Morgan fingerprint density at radius 3 is 2.36 bits per heavy atom. The SMILES string of the molecule is C[n+]1cccc(C(=O)NCCNC(=O)c2cccc[n+]2C)c1. The third-order valence-electron chi connectivity index (χ3n) is 3.19. The maximum absolute atomic E-state index is 12.0. The van der Waals surface area contributed by atoms with Crippen molar-refractivity contribution >= 4 is 11.8 Å². The van der Waals surface area contributed by atoms with Gasteiger partial charge in [-0.1, -0.05) is 0 Å². The Balaban J connectivity index is 1.79. The molecule has 2 aromatic heterocycles. The van der Waals surface area contributed by atoms with Gasteiger partial charge in [0.15, 0.2) is 18.6 Å². The first-order chi connectivity index (χ1) is 10.6. The highest BCUT2D eigenvalue weighted by molar-refractivity contribution is 5.93. The minimum Gasteiger partial charge on any atom is -0.350 e. The summed E-state index contributed by atoms with van der Waals surface area (Å²) in [5.74, 6) is -0.320. The molecule has 0 radical (unpaired) electrons. The molecule has 0 aliphatic carbocycles. The lowest BCUT2D eigenvalue weighted by Gasteiger charge is -2.06. The van der Waals surface area contributed by atoms with Crippen molar-refractivity contribution in [2.75, 3.05) is 13.1 Å². The van der Waals surface area contributed by atoms with Crippen LogP contribution in [0.5, 0.6) is 0 Å². The fourth-order valence-electron chi connectivity index (χ4n) is 2.03. The maximum Gasteiger partial charge on any atom is 0.316 e. The number of carbonyl (C=O) groups excluding carboxylic acids is 2. The first-order valence-electron chi connectivity index (χ1n) is 7.04. The highest BCUT2D eigenvalue weighted by Crippen LogP contribution is 1.93. The Labute approximate surface area is 129 Å². The van der Waals surface area contributed by atoms with E-state index in [1.165, 1.54) is 0 Å². The van der Waals surface area contributed by atoms with E-state index in [1.807, 2.05) is 49.3 Å². The highest BCUT2D eigenvalue weighted by Gasteiger charge is 2.15. The van der Waals surface area contributed by atoms with E-state index < -0.39 is 0 Å². The zero-order valence-electron chi connectivity index (χ0n) is 12.7. The van der Waals surface area contributed by atoms with E-state index in [4.69, 9.17) is 0 Å². The molecule has 6 nitrogen and oxygen atoms in total. The van der Waals surface area contributed by atoms with Crippen LogP contribution in [0.25, 0.3) is 0 Å². The number of aromatic nitrogens is 2. The standard InChI is InChI=1S/C16H18N4O2/c1-19-10-5-6-13(12-19)15(21)17-8-9-18-16(22)14-7-3-4-11-20(14)2/h3-7,10-12H,8-9H2,1-2H3/p+2. The van der Waals surface area contributed by atoms with Crippen molar-refractivity contribution in [3.8, 4) is 0 Å². The van der Waals surface area contributed by atoms with Crippen molar-refractivity contribution in [1.29, 1.82) is 0 Å². The first kappa shape index (κ1) is 15.6. The highest BCUT2D eigenvalue weighted by atomic mass is 16.2. The average Bonchev–Trinajstić information content (AvgIpc) is 2.51. The minimum atomic E-state index is -0.163. The van der Waals surface area contributed by atoms with Crippen molar-refractivity contribution in [2.24, 2.45) is 14.1 Å². The molecule has 2 N–H and O–H groups in total. The fourth-order valence-corrected chi connectivity index (χ4v) is 2.03. The molecule has 2 amide bonds. The van der Waals surface area contributed by atoms with Crippen molar-refractivity contribution in [3.63, 3.8) is 0 Å². The van der Waals surface area contributed by atoms with Gasteiger partial charge in [0.1, 0.15) is 19.7 Å². The number of aryl methyl sites for hydroxylation is 2. The zero-order valence-corrected chi connectivity index (χ0v) is 12.7. The minimum absolute atomic E-state index is 0.157. The maximum atomic E-state index is 12.0. The number of amides is 2. The summed E-state index contributed by atoms with van der Waals surface area (Å²) in [7, 11) is 3.67. The van der Waals surface area contributed by atoms with Gasteiger partial charge in [-0.15, -0.1) is 0 Å². The molecule has 0 spiro atoms. The summed E-state index contributed by atoms with van der Waals surface area (Å²) in [4.78, 5) is 23.9. The second kappa shape index (κ2) is 7.31. The molecule has 2 rings (SSSR count). The molecule has 2 heterocycles. The molecular formula is C16H20N4O2+2. The van der Waals surface area contributed by atoms with Gasteiger partial charge in [-0.25, -0.2) is 4.57 Å². The van der Waals surface area contributed by atoms with Crippen LogP contribution in [-0.2, 0) is 14.1 Å². The number of hydrogen-bond acceptors (Lipinski definition) is 2. The number of rotatable bonds is 5. The predicted molar refractivity (Wildman–Crippen MR) is 79.9 cm³/mol. The summed E-state index contributed by atoms with van der Waals surface area (Å²) in [5.41, 5.74) is 1.16. The Morgan fingerprint density at radius 1 is 0.955 bits per heavy atom. The molecule has 0 bridgehead atoms. The zero-order chi connectivity index (χ0) is 15.9. The largest absolute Gasteiger partial charge is 0.350 e. The van der Waals surface area contributed by atoms with E-state index in [9.17, 15) is 9.59 Å². The Hall–Kier alpha value is -2.76. The van der Waals surface area contributed by atoms with E-state index in [1.54, 1.807) is 22.9 Å². The molecule has 6 heteroatoms. The lowest BCUT2D eigenvalue weighted by Crippen LogP contribution is -2.42. The van der Waals surface area contributed by atoms with Crippen molar-refractivity contribution in [1.82, 2.24) is 10.6 Å². The van der Waals surface area contributed by atoms with Gasteiger partial charge in [0, 0.05) is 31.3 Å². The number of hydrogen-bond donors (Lipinski definition) is 2. The summed E-state index contributed by atoms with van der Waals surface area (Å²) >= 11 is 0. The number of nitrogens with one attached hydrogen (secondary N) is 2. The molecule has 0 saturated heterocycles. The third kappa shape index (κ3) is 4.12. The van der Waals surface area contributed by atoms with Crippen LogP contribution < -0.4 is 19.8 Å². The second-order valence-corrected chi connectivity index (χ2v) is 4.97. The van der Waals surface area contributed by atoms with Crippen molar-refractivity contribution in [2.45, 2.75) is 0 Å². The predicted octanol–water partition coefficient (Wildman–Crippen LogP) is -0.505. The molecule has 2 aromatic rings. The lowest BCUT2D eigenvalue weighted by molar-refractivity contribution is -0.673. The van der Waals surface area contributed by atoms with E-state index in [0.29, 0.717) is 24.3 Å². The molecule has 0 saturated carbocycles. The summed E-state index contributed by atoms with van der Waals surface area (Å²) < 4.78 is 3.56. The smallest absolute Gasteiger partial charge is 0.316 e. The van der Waals surface area contributed by atoms with Crippen molar-refractivity contribution in [3.05, 3.63) is 60.2 Å². The van der Waals surface area contributed by atoms with Gasteiger partial charge >= 0.3 is 5.91 Å². The van der Waals surface area contributed by atoms with Gasteiger partial charge in [0.25, 0.3) is 11.6 Å². The monoisotopic (exact) mass is 300 g/mol. The molecule has 22 heavy (non-hydrogen) atoms. The summed E-state index contributed by atoms with van der Waals surface area (Å²) in [5, 5.41) is 5.55. The Morgan fingerprint density at radius 2 is 1.68 bits per heavy atom. The number of pyridine rings is 2. The molecule has 0 fully saturated rings. The summed E-state index contributed by atoms with van der Waals surface area (Å²) in [6, 6.07) is 8.98. The van der Waals surface area contributed by atoms with E-state index in [0.717, 1.165) is 0 Å². The van der Waals surface area contributed by atoms with Gasteiger partial charge in [-0.2, -0.15) is 4.57 Å². The molecule has 0 unspecified atom stereocenters. The Kier molecular flexibility index (Phi) is 5.19. The topological polar surface area (TPSA) is 66.0 Å². The van der Waals surface area contributed by atoms with Crippen LogP contribution in [0.3, 0.4) is 0 Å². The van der Waals surface area contributed by atoms with Crippen LogP contribution in [-0.4, -0.2) is 24.9 Å². The fraction of sp³-hybridized carbons (Fsp3) is 0.250. The molecule has 0 aromatic carbocycles. The molecule has 0 aliphatic rings. The average molecular weight is 300 g/mol. The van der Waals surface area contributed by atoms with E-state index >= 15 is 0 Å². The van der Waals surface area contributed by atoms with Crippen LogP contribution in [0.4, 0.5) is 0 Å². The summed E-state index contributed by atoms with van der Waals surface area (Å²) in [6.07, 6.45) is 5.42. The van der Waals surface area contributed by atoms with Gasteiger partial charge in [-0.3, -0.25) is 9.59 Å². The van der Waals surface area contributed by atoms with E-state index in [-0.39, 0.29) is 11.8 Å². The Bertz CT molecular complexity index is 685. The molecule has 0 aliphatic heterocycles. The van der Waals surface area contributed by atoms with Crippen LogP contribution in [0.1, 0.15) is 20.8 Å². The van der Waals surface area contributed by atoms with Crippen LogP contribution in [0, 0.1) is 0 Å². The van der Waals surface area contributed by atoms with Gasteiger partial charge in [0.2, 0.25) is 0 Å². The number of carbonyl (C=O) groups is 2. The van der Waals surface area contributed by atoms with E-state index in [2.05, 4.69) is 10.6 Å². The second-order valence-electron chi connectivity index (χ2n) is 4.97. The van der Waals surface area contributed by atoms with Crippen molar-refractivity contribution < 1.29 is 18.7 Å². The molecular weight excluding hydrogens is 280 g/mol. The van der Waals surface area contributed by atoms with Gasteiger partial charge < -0.3 is 10.6 Å². The van der Waals surface area contributed by atoms with Crippen LogP contribution >= 0.6 is 0 Å². The normalized spacial score (nSPS) is 10.1. The van der Waals surface area contributed by atoms with Gasteiger partial charge in [-0.05, 0) is 12.1 Å².